The van der Waals surface area contributed by atoms with E-state index in [4.69, 9.17) is 4.74 Å². The molecule has 1 aromatic rings. The number of benzene rings is 1. The predicted octanol–water partition coefficient (Wildman–Crippen LogP) is 1.15. The van der Waals surface area contributed by atoms with Crippen molar-refractivity contribution in [2.75, 3.05) is 13.7 Å². The molecule has 4 heteroatoms. The first-order valence-electron chi connectivity index (χ1n) is 4.74. The van der Waals surface area contributed by atoms with Crippen LogP contribution in [0.25, 0.3) is 0 Å². The number of nitrogens with one attached hydrogen (secondary N) is 1. The predicted molar refractivity (Wildman–Crippen MR) is 60.4 cm³/mol. The highest BCUT2D eigenvalue weighted by Gasteiger charge is 2.13. The van der Waals surface area contributed by atoms with Gasteiger partial charge in [-0.15, -0.1) is 5.92 Å². The van der Waals surface area contributed by atoms with Crippen molar-refractivity contribution in [1.82, 2.24) is 5.32 Å². The fourth-order valence-electron chi connectivity index (χ4n) is 1.18. The lowest BCUT2D eigenvalue weighted by Gasteiger charge is -2.07. The van der Waals surface area contributed by atoms with Crippen LogP contribution in [-0.2, 0) is 0 Å². The lowest BCUT2D eigenvalue weighted by molar-refractivity contribution is 0.0955. The molecule has 0 heterocycles. The molecule has 0 aromatic heterocycles. The highest BCUT2D eigenvalue weighted by Crippen LogP contribution is 2.28. The normalized spacial score (nSPS) is 8.88. The third-order valence-corrected chi connectivity index (χ3v) is 1.98. The molecule has 0 unspecified atom stereocenters. The number of methoxy groups -OCH3 is 1. The number of hydrogen-bond acceptors (Lipinski definition) is 3. The van der Waals surface area contributed by atoms with Gasteiger partial charge in [-0.2, -0.15) is 0 Å². The van der Waals surface area contributed by atoms with Crippen molar-refractivity contribution in [1.29, 1.82) is 0 Å². The quantitative estimate of drug-likeness (QED) is 0.750. The van der Waals surface area contributed by atoms with Crippen LogP contribution in [0.15, 0.2) is 18.2 Å². The highest BCUT2D eigenvalue weighted by atomic mass is 16.5. The Hall–Kier alpha value is -2.15. The molecule has 0 aliphatic carbocycles. The van der Waals surface area contributed by atoms with Crippen LogP contribution >= 0.6 is 0 Å². The summed E-state index contributed by atoms with van der Waals surface area (Å²) >= 11 is 0. The number of phenolic OH excluding ortho intramolecular Hbond substituents is 1. The van der Waals surface area contributed by atoms with E-state index in [1.807, 2.05) is 0 Å². The minimum absolute atomic E-state index is 0.160. The lowest BCUT2D eigenvalue weighted by atomic mass is 10.1. The van der Waals surface area contributed by atoms with Crippen molar-refractivity contribution < 1.29 is 14.6 Å². The standard InChI is InChI=1S/C12H13NO3/c1-3-4-8-13-12(15)9-6-5-7-10(16-2)11(9)14/h5-7,14H,8H2,1-2H3,(H,13,15). The number of amides is 1. The molecule has 2 N–H and O–H groups in total. The van der Waals surface area contributed by atoms with Crippen molar-refractivity contribution in [3.8, 4) is 23.3 Å². The molecule has 1 rings (SSSR count). The molecule has 4 nitrogen and oxygen atoms in total. The molecule has 0 atom stereocenters. The summed E-state index contributed by atoms with van der Waals surface area (Å²) < 4.78 is 4.90. The number of phenols is 1. The van der Waals surface area contributed by atoms with Gasteiger partial charge in [-0.25, -0.2) is 0 Å². The molecule has 0 bridgehead atoms. The molecule has 16 heavy (non-hydrogen) atoms. The summed E-state index contributed by atoms with van der Waals surface area (Å²) in [7, 11) is 1.43. The number of hydrogen-bond donors (Lipinski definition) is 2. The third-order valence-electron chi connectivity index (χ3n) is 1.98. The summed E-state index contributed by atoms with van der Waals surface area (Å²) in [5.41, 5.74) is 0.178. The van der Waals surface area contributed by atoms with Crippen LogP contribution in [0.4, 0.5) is 0 Å². The number of ether oxygens (including phenoxy) is 1. The Kier molecular flexibility index (Phi) is 4.22. The van der Waals surface area contributed by atoms with E-state index in [1.165, 1.54) is 13.2 Å². The zero-order chi connectivity index (χ0) is 12.0. The highest BCUT2D eigenvalue weighted by molar-refractivity contribution is 5.97. The molecule has 0 spiro atoms. The summed E-state index contributed by atoms with van der Waals surface area (Å²) in [6, 6.07) is 4.74. The van der Waals surface area contributed by atoms with Crippen molar-refractivity contribution >= 4 is 5.91 Å². The largest absolute Gasteiger partial charge is 0.504 e. The Labute approximate surface area is 94.2 Å². The van der Waals surface area contributed by atoms with Gasteiger partial charge < -0.3 is 15.2 Å². The first-order chi connectivity index (χ1) is 7.70. The van der Waals surface area contributed by atoms with Crippen LogP contribution in [0.2, 0.25) is 0 Å². The van der Waals surface area contributed by atoms with Gasteiger partial charge in [0.1, 0.15) is 0 Å². The molecule has 0 saturated heterocycles. The summed E-state index contributed by atoms with van der Waals surface area (Å²) in [5.74, 6) is 5.10. The second-order valence-electron chi connectivity index (χ2n) is 2.97. The Morgan fingerprint density at radius 1 is 1.56 bits per heavy atom. The van der Waals surface area contributed by atoms with Crippen LogP contribution < -0.4 is 10.1 Å². The number of para-hydroxylation sites is 1. The van der Waals surface area contributed by atoms with E-state index in [0.29, 0.717) is 0 Å². The smallest absolute Gasteiger partial charge is 0.255 e. The Morgan fingerprint density at radius 3 is 2.94 bits per heavy atom. The Morgan fingerprint density at radius 2 is 2.31 bits per heavy atom. The zero-order valence-corrected chi connectivity index (χ0v) is 9.20. The number of rotatable bonds is 3. The van der Waals surface area contributed by atoms with E-state index in [-0.39, 0.29) is 29.5 Å². The van der Waals surface area contributed by atoms with Gasteiger partial charge in [0.2, 0.25) is 0 Å². The number of carbonyl (C=O) groups excluding carboxylic acids is 1. The van der Waals surface area contributed by atoms with Crippen molar-refractivity contribution in [3.63, 3.8) is 0 Å². The van der Waals surface area contributed by atoms with E-state index in [9.17, 15) is 9.90 Å². The molecule has 0 aliphatic heterocycles. The average Bonchev–Trinajstić information content (AvgIpc) is 2.29. The van der Waals surface area contributed by atoms with Crippen LogP contribution in [0.5, 0.6) is 11.5 Å². The van der Waals surface area contributed by atoms with Crippen molar-refractivity contribution in [2.45, 2.75) is 6.92 Å². The summed E-state index contributed by atoms with van der Waals surface area (Å²) in [6.45, 7) is 1.95. The summed E-state index contributed by atoms with van der Waals surface area (Å²) in [5, 5.41) is 12.3. The maximum atomic E-state index is 11.6. The molecular formula is C12H13NO3. The van der Waals surface area contributed by atoms with Crippen molar-refractivity contribution in [2.24, 2.45) is 0 Å². The van der Waals surface area contributed by atoms with Gasteiger partial charge in [-0.3, -0.25) is 4.79 Å². The van der Waals surface area contributed by atoms with Crippen LogP contribution in [0, 0.1) is 11.8 Å². The first-order valence-corrected chi connectivity index (χ1v) is 4.74. The Balaban J connectivity index is 2.85. The van der Waals surface area contributed by atoms with E-state index in [1.54, 1.807) is 19.1 Å². The second-order valence-corrected chi connectivity index (χ2v) is 2.97. The third kappa shape index (κ3) is 2.67. The zero-order valence-electron chi connectivity index (χ0n) is 9.20. The van der Waals surface area contributed by atoms with Crippen LogP contribution in [0.3, 0.4) is 0 Å². The monoisotopic (exact) mass is 219 g/mol. The second kappa shape index (κ2) is 5.66. The van der Waals surface area contributed by atoms with Gasteiger partial charge in [0.05, 0.1) is 19.2 Å². The van der Waals surface area contributed by atoms with Crippen LogP contribution in [0.1, 0.15) is 17.3 Å². The van der Waals surface area contributed by atoms with E-state index in [2.05, 4.69) is 17.2 Å². The van der Waals surface area contributed by atoms with Gasteiger partial charge in [0.25, 0.3) is 5.91 Å². The van der Waals surface area contributed by atoms with Gasteiger partial charge in [0, 0.05) is 0 Å². The average molecular weight is 219 g/mol. The van der Waals surface area contributed by atoms with Gasteiger partial charge in [-0.1, -0.05) is 12.0 Å². The molecule has 0 fully saturated rings. The fraction of sp³-hybridized carbons (Fsp3) is 0.250. The van der Waals surface area contributed by atoms with E-state index < -0.39 is 0 Å². The van der Waals surface area contributed by atoms with Crippen molar-refractivity contribution in [3.05, 3.63) is 23.8 Å². The minimum Gasteiger partial charge on any atom is -0.504 e. The summed E-state index contributed by atoms with van der Waals surface area (Å²) in [4.78, 5) is 11.6. The van der Waals surface area contributed by atoms with Gasteiger partial charge in [0.15, 0.2) is 11.5 Å². The fourth-order valence-corrected chi connectivity index (χ4v) is 1.18. The number of carbonyl (C=O) groups is 1. The molecule has 84 valence electrons. The molecule has 1 amide bonds. The molecule has 1 aromatic carbocycles. The molecular weight excluding hydrogens is 206 g/mol. The molecule has 0 aliphatic rings. The molecule has 0 radical (unpaired) electrons. The first kappa shape index (κ1) is 11.9. The Bertz CT molecular complexity index is 443. The molecule has 0 saturated carbocycles. The lowest BCUT2D eigenvalue weighted by Crippen LogP contribution is -2.23. The topological polar surface area (TPSA) is 58.6 Å². The maximum absolute atomic E-state index is 11.6. The number of aromatic hydroxyl groups is 1. The maximum Gasteiger partial charge on any atom is 0.255 e. The summed E-state index contributed by atoms with van der Waals surface area (Å²) in [6.07, 6.45) is 0. The van der Waals surface area contributed by atoms with Gasteiger partial charge >= 0.3 is 0 Å². The van der Waals surface area contributed by atoms with E-state index >= 15 is 0 Å². The SMILES string of the molecule is CC#CCNC(=O)c1cccc(OC)c1O. The van der Waals surface area contributed by atoms with Gasteiger partial charge in [-0.05, 0) is 19.1 Å². The minimum atomic E-state index is -0.376. The van der Waals surface area contributed by atoms with Crippen LogP contribution in [-0.4, -0.2) is 24.7 Å². The van der Waals surface area contributed by atoms with E-state index in [0.717, 1.165) is 0 Å².